The highest BCUT2D eigenvalue weighted by Gasteiger charge is 2.62. The number of aliphatic hydroxyl groups is 27. The number of hydrogen-bond donors (Lipinski definition) is 31. The van der Waals surface area contributed by atoms with E-state index in [1.54, 1.807) is 0 Å². The Morgan fingerprint density at radius 1 is 0.302 bits per heavy atom. The van der Waals surface area contributed by atoms with Gasteiger partial charge in [0.15, 0.2) is 62.9 Å². The van der Waals surface area contributed by atoms with E-state index < -0.39 is 391 Å². The van der Waals surface area contributed by atoms with E-state index >= 15 is 0 Å². The lowest BCUT2D eigenvalue weighted by Gasteiger charge is -2.52. The van der Waals surface area contributed by atoms with Crippen LogP contribution < -0.4 is 10.6 Å². The monoisotopic (exact) mass is 1870 g/mol. The fourth-order valence-corrected chi connectivity index (χ4v) is 16.4. The molecule has 54 atom stereocenters. The van der Waals surface area contributed by atoms with Crippen molar-refractivity contribution in [3.05, 3.63) is 0 Å². The molecular formula is C70H121N2O53P. The molecule has 10 heterocycles. The zero-order valence-corrected chi connectivity index (χ0v) is 69.5. The van der Waals surface area contributed by atoms with Crippen LogP contribution in [0.25, 0.3) is 0 Å². The number of ether oxygens (including phenoxy) is 20. The van der Waals surface area contributed by atoms with Crippen molar-refractivity contribution in [2.24, 2.45) is 0 Å². The van der Waals surface area contributed by atoms with Crippen molar-refractivity contribution in [2.75, 3.05) is 39.6 Å². The third-order valence-corrected chi connectivity index (χ3v) is 23.9. The summed E-state index contributed by atoms with van der Waals surface area (Å²) in [5.41, 5.74) is 0. The Labute approximate surface area is 715 Å². The standard InChI is InChI=1S/C70H121N2O53P/c1-15-31(81)40(90)45(95)63(107-15)119-54(35(85)23(79)14-106-126(102,103)104)24(80)13-105-69-59(43(93)34(84)18(4)110-69)125-70-60(49(99)53(20(6)112-70)118-62-30(72-22(8)78)56(37(87)26(10-74)114-62)121-68-51(101)58(39(89)28(12-76)116-68)123-65-47(97)42(92)33(83)17(3)109-65)124-66-48(98)44(94)52(19(5)111-66)117-61-29(71-21(7)77)55(36(86)25(9-73)113-61)120-67-50(100)57(38(88)27(11-75)115-67)122-64-46(96)41(91)32(82)16(2)108-64/h15-20,23-70,73-76,79-101H,9-14H2,1-8H3,(H,71,77)(H,72,78)(H2,102,103,104)/t15-,16-,17-,18-,19-,20-,23+,24-,25+,26+,27+,28+,29+,30+,31-,32-,33-,34-,35+,36+,37+,38-,39-,40+,41+,42+,43+,44-,45+,46+,47+,48+,49+,50+,51+,52-,53-,54+,55+,56+,57-,58-,59+,60+,61-,62-,63-,64-,65-,66-,67+,68+,69+,70-/m0/s1. The molecule has 0 aromatic rings. The van der Waals surface area contributed by atoms with E-state index in [1.165, 1.54) is 41.5 Å². The van der Waals surface area contributed by atoms with Gasteiger partial charge >= 0.3 is 7.82 Å². The van der Waals surface area contributed by atoms with Crippen molar-refractivity contribution in [3.8, 4) is 0 Å². The summed E-state index contributed by atoms with van der Waals surface area (Å²) >= 11 is 0. The van der Waals surface area contributed by atoms with E-state index in [0.29, 0.717) is 0 Å². The Morgan fingerprint density at radius 2 is 0.587 bits per heavy atom. The molecule has 55 nitrogen and oxygen atoms in total. The van der Waals surface area contributed by atoms with Crippen LogP contribution >= 0.6 is 7.82 Å². The molecule has 0 spiro atoms. The quantitative estimate of drug-likeness (QED) is 0.0271. The topological polar surface area (TPSA) is 856 Å². The van der Waals surface area contributed by atoms with Gasteiger partial charge in [-0.05, 0) is 41.5 Å². The summed E-state index contributed by atoms with van der Waals surface area (Å²) in [5, 5.41) is 308. The molecule has 0 aromatic carbocycles. The van der Waals surface area contributed by atoms with Crippen molar-refractivity contribution in [1.82, 2.24) is 10.6 Å². The van der Waals surface area contributed by atoms with Crippen LogP contribution in [0, 0.1) is 0 Å². The molecule has 0 radical (unpaired) electrons. The van der Waals surface area contributed by atoms with E-state index in [2.05, 4.69) is 15.2 Å². The molecule has 56 heteroatoms. The number of hydrogen-bond acceptors (Lipinski definition) is 51. The van der Waals surface area contributed by atoms with Gasteiger partial charge in [-0.2, -0.15) is 0 Å². The minimum atomic E-state index is -5.40. The summed E-state index contributed by atoms with van der Waals surface area (Å²) in [6, 6.07) is -3.82. The van der Waals surface area contributed by atoms with Crippen LogP contribution in [0.3, 0.4) is 0 Å². The fourth-order valence-electron chi connectivity index (χ4n) is 16.1. The fraction of sp³-hybridized carbons (Fsp3) is 0.971. The van der Waals surface area contributed by atoms with Crippen molar-refractivity contribution < 1.29 is 261 Å². The summed E-state index contributed by atoms with van der Waals surface area (Å²) in [6.07, 6.45) is -105. The number of phosphoric acid groups is 1. The Bertz CT molecular complexity index is 3420. The molecule has 0 aliphatic carbocycles. The zero-order chi connectivity index (χ0) is 93.3. The lowest BCUT2D eigenvalue weighted by atomic mass is 9.94. The molecule has 734 valence electrons. The first-order chi connectivity index (χ1) is 59.1. The van der Waals surface area contributed by atoms with Crippen LogP contribution in [0.15, 0.2) is 0 Å². The number of aliphatic hydroxyl groups excluding tert-OH is 27. The van der Waals surface area contributed by atoms with Crippen molar-refractivity contribution in [3.63, 3.8) is 0 Å². The van der Waals surface area contributed by atoms with Gasteiger partial charge < -0.3 is 253 Å². The predicted molar refractivity (Wildman–Crippen MR) is 390 cm³/mol. The summed E-state index contributed by atoms with van der Waals surface area (Å²) in [6.45, 7) is 2.22. The van der Waals surface area contributed by atoms with Gasteiger partial charge in [-0.1, -0.05) is 0 Å². The second kappa shape index (κ2) is 44.8. The van der Waals surface area contributed by atoms with E-state index in [-0.39, 0.29) is 0 Å². The third kappa shape index (κ3) is 23.6. The van der Waals surface area contributed by atoms with Crippen LogP contribution in [0.4, 0.5) is 0 Å². The summed E-state index contributed by atoms with van der Waals surface area (Å²) in [7, 11) is -5.40. The van der Waals surface area contributed by atoms with Crippen molar-refractivity contribution in [2.45, 2.75) is 387 Å². The van der Waals surface area contributed by atoms with E-state index in [4.69, 9.17) is 94.7 Å². The minimum absolute atomic E-state index is 0.932. The molecule has 0 unspecified atom stereocenters. The summed E-state index contributed by atoms with van der Waals surface area (Å²) in [4.78, 5) is 45.3. The third-order valence-electron chi connectivity index (χ3n) is 23.4. The second-order valence-corrected chi connectivity index (χ2v) is 33.8. The number of carbonyl (C=O) groups excluding carboxylic acids is 2. The minimum Gasteiger partial charge on any atom is -0.394 e. The maximum Gasteiger partial charge on any atom is 0.469 e. The van der Waals surface area contributed by atoms with E-state index in [9.17, 15) is 162 Å². The first-order valence-corrected chi connectivity index (χ1v) is 42.0. The molecule has 2 amide bonds. The molecule has 0 saturated carbocycles. The number of rotatable bonds is 33. The van der Waals surface area contributed by atoms with Crippen LogP contribution in [0.1, 0.15) is 55.4 Å². The van der Waals surface area contributed by atoms with Gasteiger partial charge in [0.25, 0.3) is 0 Å². The average Bonchev–Trinajstić information content (AvgIpc) is 0.765. The van der Waals surface area contributed by atoms with Gasteiger partial charge in [0.05, 0.1) is 76.3 Å². The Morgan fingerprint density at radius 3 is 0.984 bits per heavy atom. The first-order valence-electron chi connectivity index (χ1n) is 40.5. The molecular weight excluding hydrogens is 1750 g/mol. The largest absolute Gasteiger partial charge is 0.469 e. The SMILES string of the molecule is CC(=O)N[C@H]1[C@H](O[C@@H]2[C@@H](O)[C@@H](O[C@@H]3O[C@@H](C)[C@H](O[C@@H]4O[C@H](CO)[C@@H](O)[C@H](O[C@H]5O[C@H](CO)[C@H](O)[C@H](O[C@@H]6O[C@@H](C)[C@H](O)[C@@H](O)[C@H]6O)[C@H]5O)[C@H]4NC(C)=O)[C@@H](O)[C@H]3O)[C@H](O[C@H]3[C@H](OC[C@H](O)[C@@H](O[C@@H]4O[C@@H](C)[C@H](O)[C@@H](O)[C@H]4O)[C@H](O)[C@H](O)COP(=O)(O)O)O[C@@H](C)[C@H](O)[C@H]3O)O[C@H]2C)O[C@H](CO)[C@@H](O)[C@@H]1O[C@H]1O[C@H](CO)[C@H](O)[C@H](O[C@@H]2O[C@@H](C)[C@H](O)[C@@H](O)[C@H]2O)[C@H]1O. The molecule has 10 aliphatic rings. The summed E-state index contributed by atoms with van der Waals surface area (Å²) in [5.74, 6) is -1.90. The first kappa shape index (κ1) is 105. The molecule has 10 fully saturated rings. The maximum absolute atomic E-state index is 13.4. The van der Waals surface area contributed by atoms with Crippen LogP contribution in [0.2, 0.25) is 0 Å². The van der Waals surface area contributed by atoms with Gasteiger partial charge in [0.2, 0.25) is 11.8 Å². The van der Waals surface area contributed by atoms with E-state index in [0.717, 1.165) is 13.8 Å². The highest BCUT2D eigenvalue weighted by atomic mass is 31.2. The number of phosphoric ester groups is 1. The normalized spacial score (nSPS) is 49.8. The average molecular weight is 1870 g/mol. The molecule has 10 saturated heterocycles. The summed E-state index contributed by atoms with van der Waals surface area (Å²) < 4.78 is 135. The Hall–Kier alpha value is -2.83. The van der Waals surface area contributed by atoms with Crippen molar-refractivity contribution >= 4 is 19.6 Å². The Kier molecular flexibility index (Phi) is 37.4. The molecule has 126 heavy (non-hydrogen) atoms. The van der Waals surface area contributed by atoms with Crippen molar-refractivity contribution in [1.29, 1.82) is 0 Å². The Balaban J connectivity index is 0.955. The van der Waals surface area contributed by atoms with Gasteiger partial charge in [-0.15, -0.1) is 0 Å². The zero-order valence-electron chi connectivity index (χ0n) is 68.6. The van der Waals surface area contributed by atoms with Gasteiger partial charge in [0.1, 0.15) is 232 Å². The van der Waals surface area contributed by atoms with Gasteiger partial charge in [-0.3, -0.25) is 14.1 Å². The highest BCUT2D eigenvalue weighted by molar-refractivity contribution is 7.46. The number of amides is 2. The van der Waals surface area contributed by atoms with Gasteiger partial charge in [0, 0.05) is 13.8 Å². The highest BCUT2D eigenvalue weighted by Crippen LogP contribution is 2.42. The lowest BCUT2D eigenvalue weighted by Crippen LogP contribution is -2.70. The molecule has 0 bridgehead atoms. The molecule has 10 aliphatic heterocycles. The van der Waals surface area contributed by atoms with E-state index in [1.807, 2.05) is 0 Å². The molecule has 0 aromatic heterocycles. The van der Waals surface area contributed by atoms with Gasteiger partial charge in [-0.25, -0.2) is 4.57 Å². The maximum atomic E-state index is 13.4. The molecule has 31 N–H and O–H groups in total. The predicted octanol–water partition coefficient (Wildman–Crippen LogP) is -18.8. The lowest BCUT2D eigenvalue weighted by molar-refractivity contribution is -0.406. The number of nitrogens with one attached hydrogen (secondary N) is 2. The smallest absolute Gasteiger partial charge is 0.394 e. The number of carbonyl (C=O) groups is 2. The second-order valence-electron chi connectivity index (χ2n) is 32.6. The molecule has 10 rings (SSSR count). The van der Waals surface area contributed by atoms with Crippen LogP contribution in [-0.4, -0.2) is 530 Å². The van der Waals surface area contributed by atoms with Crippen LogP contribution in [0.5, 0.6) is 0 Å². The van der Waals surface area contributed by atoms with Crippen LogP contribution in [-0.2, 0) is 113 Å².